The van der Waals surface area contributed by atoms with Crippen molar-refractivity contribution in [2.75, 3.05) is 33.7 Å². The molecule has 3 aromatic rings. The molecule has 9 heteroatoms. The lowest BCUT2D eigenvalue weighted by atomic mass is 10.1. The Balaban J connectivity index is 1.73. The molecule has 0 aliphatic rings. The smallest absolute Gasteiger partial charge is 0.209 e. The van der Waals surface area contributed by atoms with Gasteiger partial charge in [-0.3, -0.25) is 9.89 Å². The van der Waals surface area contributed by atoms with Gasteiger partial charge in [0, 0.05) is 11.1 Å². The SMILES string of the molecule is CCOc1c(OC)cc(-c2nc(SCC(=O)c3ccc(OC)cc3)n[nH]2)cc1OC. The molecule has 30 heavy (non-hydrogen) atoms. The number of ether oxygens (including phenoxy) is 4. The summed E-state index contributed by atoms with van der Waals surface area (Å²) >= 11 is 1.26. The topological polar surface area (TPSA) is 95.6 Å². The van der Waals surface area contributed by atoms with E-state index in [2.05, 4.69) is 15.2 Å². The molecule has 0 aliphatic carbocycles. The number of aromatic amines is 1. The number of thioether (sulfide) groups is 1. The Morgan fingerprint density at radius 1 is 1.03 bits per heavy atom. The number of rotatable bonds is 10. The Bertz CT molecular complexity index is 979. The van der Waals surface area contributed by atoms with Crippen molar-refractivity contribution >= 4 is 17.5 Å². The van der Waals surface area contributed by atoms with Crippen LogP contribution in [0.1, 0.15) is 17.3 Å². The minimum atomic E-state index is -0.0154. The lowest BCUT2D eigenvalue weighted by Crippen LogP contribution is -2.02. The highest BCUT2D eigenvalue weighted by Crippen LogP contribution is 2.41. The summed E-state index contributed by atoms with van der Waals surface area (Å²) in [4.78, 5) is 16.9. The molecule has 1 aromatic heterocycles. The van der Waals surface area contributed by atoms with Gasteiger partial charge in [0.25, 0.3) is 0 Å². The van der Waals surface area contributed by atoms with E-state index in [1.165, 1.54) is 11.8 Å². The first kappa shape index (κ1) is 21.5. The first-order chi connectivity index (χ1) is 14.6. The van der Waals surface area contributed by atoms with Gasteiger partial charge in [0.05, 0.1) is 33.7 Å². The largest absolute Gasteiger partial charge is 0.497 e. The third kappa shape index (κ3) is 4.85. The summed E-state index contributed by atoms with van der Waals surface area (Å²) in [6.07, 6.45) is 0. The van der Waals surface area contributed by atoms with Gasteiger partial charge in [-0.2, -0.15) is 0 Å². The zero-order valence-corrected chi connectivity index (χ0v) is 18.0. The second-order valence-electron chi connectivity index (χ2n) is 6.05. The van der Waals surface area contributed by atoms with Crippen molar-refractivity contribution in [3.63, 3.8) is 0 Å². The van der Waals surface area contributed by atoms with Crippen LogP contribution in [0.2, 0.25) is 0 Å². The molecule has 0 unspecified atom stereocenters. The van der Waals surface area contributed by atoms with Gasteiger partial charge in [0.15, 0.2) is 23.1 Å². The van der Waals surface area contributed by atoms with Crippen LogP contribution >= 0.6 is 11.8 Å². The number of benzene rings is 2. The Kier molecular flexibility index (Phi) is 7.18. The van der Waals surface area contributed by atoms with Gasteiger partial charge in [-0.05, 0) is 43.3 Å². The first-order valence-electron chi connectivity index (χ1n) is 9.21. The molecule has 158 valence electrons. The van der Waals surface area contributed by atoms with Crippen LogP contribution in [0.25, 0.3) is 11.4 Å². The number of hydrogen-bond acceptors (Lipinski definition) is 8. The fourth-order valence-electron chi connectivity index (χ4n) is 2.73. The highest BCUT2D eigenvalue weighted by molar-refractivity contribution is 7.99. The molecular formula is C21H23N3O5S. The Labute approximate surface area is 178 Å². The van der Waals surface area contributed by atoms with E-state index in [9.17, 15) is 4.79 Å². The summed E-state index contributed by atoms with van der Waals surface area (Å²) in [6, 6.07) is 10.6. The fraction of sp³-hybridized carbons (Fsp3) is 0.286. The molecule has 0 aliphatic heterocycles. The number of nitrogens with one attached hydrogen (secondary N) is 1. The van der Waals surface area contributed by atoms with E-state index in [4.69, 9.17) is 18.9 Å². The van der Waals surface area contributed by atoms with Crippen LogP contribution in [-0.4, -0.2) is 54.7 Å². The number of Topliss-reactive ketones (excluding diaryl/α,β-unsaturated/α-hetero) is 1. The van der Waals surface area contributed by atoms with E-state index in [0.717, 1.165) is 5.56 Å². The van der Waals surface area contributed by atoms with Crippen LogP contribution in [0.5, 0.6) is 23.0 Å². The van der Waals surface area contributed by atoms with E-state index in [1.54, 1.807) is 57.7 Å². The van der Waals surface area contributed by atoms with Gasteiger partial charge >= 0.3 is 0 Å². The highest BCUT2D eigenvalue weighted by atomic mass is 32.2. The lowest BCUT2D eigenvalue weighted by molar-refractivity contribution is 0.102. The zero-order valence-electron chi connectivity index (χ0n) is 17.2. The summed E-state index contributed by atoms with van der Waals surface area (Å²) in [5.41, 5.74) is 1.34. The Hall–Kier alpha value is -3.20. The number of hydrogen-bond donors (Lipinski definition) is 1. The van der Waals surface area contributed by atoms with Crippen LogP contribution in [0.3, 0.4) is 0 Å². The lowest BCUT2D eigenvalue weighted by Gasteiger charge is -2.14. The van der Waals surface area contributed by atoms with E-state index >= 15 is 0 Å². The maximum Gasteiger partial charge on any atom is 0.209 e. The molecule has 0 saturated heterocycles. The summed E-state index contributed by atoms with van der Waals surface area (Å²) in [5, 5.41) is 7.56. The molecule has 0 radical (unpaired) electrons. The average molecular weight is 429 g/mol. The standard InChI is InChI=1S/C21H23N3O5S/c1-5-29-19-17(27-3)10-14(11-18(19)28-4)20-22-21(24-23-20)30-12-16(25)13-6-8-15(26-2)9-7-13/h6-11H,5,12H2,1-4H3,(H,22,23,24). The second-order valence-corrected chi connectivity index (χ2v) is 6.99. The Morgan fingerprint density at radius 2 is 1.70 bits per heavy atom. The third-order valence-electron chi connectivity index (χ3n) is 4.23. The van der Waals surface area contributed by atoms with Crippen molar-refractivity contribution in [1.82, 2.24) is 15.2 Å². The summed E-state index contributed by atoms with van der Waals surface area (Å²) in [7, 11) is 4.71. The van der Waals surface area contributed by atoms with E-state index < -0.39 is 0 Å². The minimum absolute atomic E-state index is 0.0154. The fourth-order valence-corrected chi connectivity index (χ4v) is 3.43. The number of nitrogens with zero attached hydrogens (tertiary/aromatic N) is 2. The van der Waals surface area contributed by atoms with Crippen LogP contribution in [0.4, 0.5) is 0 Å². The molecule has 2 aromatic carbocycles. The molecule has 0 fully saturated rings. The second kappa shape index (κ2) is 10.0. The normalized spacial score (nSPS) is 10.5. The molecule has 0 spiro atoms. The van der Waals surface area contributed by atoms with Gasteiger partial charge in [-0.1, -0.05) is 11.8 Å². The monoisotopic (exact) mass is 429 g/mol. The highest BCUT2D eigenvalue weighted by Gasteiger charge is 2.17. The number of ketones is 1. The van der Waals surface area contributed by atoms with Crippen molar-refractivity contribution in [1.29, 1.82) is 0 Å². The molecule has 0 amide bonds. The average Bonchev–Trinajstić information content (AvgIpc) is 3.26. The predicted octanol–water partition coefficient (Wildman–Crippen LogP) is 3.87. The molecule has 0 saturated carbocycles. The van der Waals surface area contributed by atoms with E-state index in [0.29, 0.717) is 46.1 Å². The molecule has 1 heterocycles. The molecule has 0 atom stereocenters. The van der Waals surface area contributed by atoms with Crippen molar-refractivity contribution in [3.8, 4) is 34.4 Å². The van der Waals surface area contributed by atoms with Crippen molar-refractivity contribution in [2.24, 2.45) is 0 Å². The first-order valence-corrected chi connectivity index (χ1v) is 10.2. The summed E-state index contributed by atoms with van der Waals surface area (Å²) in [6.45, 7) is 2.37. The molecule has 8 nitrogen and oxygen atoms in total. The van der Waals surface area contributed by atoms with E-state index in [-0.39, 0.29) is 11.5 Å². The third-order valence-corrected chi connectivity index (χ3v) is 5.08. The minimum Gasteiger partial charge on any atom is -0.497 e. The van der Waals surface area contributed by atoms with Crippen LogP contribution in [0, 0.1) is 0 Å². The van der Waals surface area contributed by atoms with Gasteiger partial charge in [-0.15, -0.1) is 5.10 Å². The van der Waals surface area contributed by atoms with Crippen LogP contribution < -0.4 is 18.9 Å². The molecule has 1 N–H and O–H groups in total. The maximum absolute atomic E-state index is 12.4. The number of H-pyrrole nitrogens is 1. The van der Waals surface area contributed by atoms with Crippen molar-refractivity contribution in [2.45, 2.75) is 12.1 Å². The molecule has 0 bridgehead atoms. The zero-order chi connectivity index (χ0) is 21.5. The van der Waals surface area contributed by atoms with Crippen molar-refractivity contribution < 1.29 is 23.7 Å². The number of carbonyl (C=O) groups is 1. The van der Waals surface area contributed by atoms with Gasteiger partial charge < -0.3 is 18.9 Å². The molecule has 3 rings (SSSR count). The summed E-state index contributed by atoms with van der Waals surface area (Å²) in [5.74, 6) is 3.05. The number of carbonyl (C=O) groups excluding carboxylic acids is 1. The Morgan fingerprint density at radius 3 is 2.27 bits per heavy atom. The van der Waals surface area contributed by atoms with Crippen molar-refractivity contribution in [3.05, 3.63) is 42.0 Å². The van der Waals surface area contributed by atoms with Crippen LogP contribution in [0.15, 0.2) is 41.6 Å². The van der Waals surface area contributed by atoms with Gasteiger partial charge in [0.1, 0.15) is 5.75 Å². The summed E-state index contributed by atoms with van der Waals surface area (Å²) < 4.78 is 21.6. The van der Waals surface area contributed by atoms with Gasteiger partial charge in [-0.25, -0.2) is 4.98 Å². The van der Waals surface area contributed by atoms with Gasteiger partial charge in [0.2, 0.25) is 10.9 Å². The quantitative estimate of drug-likeness (QED) is 0.383. The van der Waals surface area contributed by atoms with Crippen LogP contribution in [-0.2, 0) is 0 Å². The number of aromatic nitrogens is 3. The van der Waals surface area contributed by atoms with E-state index in [1.807, 2.05) is 6.92 Å². The predicted molar refractivity (Wildman–Crippen MR) is 114 cm³/mol. The number of methoxy groups -OCH3 is 3. The molecular weight excluding hydrogens is 406 g/mol. The maximum atomic E-state index is 12.4.